The molecule has 1 aliphatic rings. The smallest absolute Gasteiger partial charge is 0.416 e. The Morgan fingerprint density at radius 1 is 1.17 bits per heavy atom. The third-order valence-electron chi connectivity index (χ3n) is 4.12. The monoisotopic (exact) mass is 335 g/mol. The molecule has 0 unspecified atom stereocenters. The summed E-state index contributed by atoms with van der Waals surface area (Å²) in [6.45, 7) is 0. The second-order valence-electron chi connectivity index (χ2n) is 5.94. The summed E-state index contributed by atoms with van der Waals surface area (Å²) in [5.41, 5.74) is 0.426. The molecular weight excluding hydrogens is 319 g/mol. The molecule has 3 nitrogen and oxygen atoms in total. The molecule has 0 bridgehead atoms. The number of halogens is 3. The van der Waals surface area contributed by atoms with Gasteiger partial charge in [-0.1, -0.05) is 36.4 Å². The summed E-state index contributed by atoms with van der Waals surface area (Å²) in [5, 5.41) is 12.5. The molecule has 3 rings (SSSR count). The summed E-state index contributed by atoms with van der Waals surface area (Å²) in [6, 6.07) is 11.6. The van der Waals surface area contributed by atoms with Crippen LogP contribution in [0.2, 0.25) is 0 Å². The summed E-state index contributed by atoms with van der Waals surface area (Å²) in [7, 11) is 0. The number of amides is 1. The molecule has 1 aliphatic carbocycles. The van der Waals surface area contributed by atoms with Gasteiger partial charge in [-0.15, -0.1) is 0 Å². The van der Waals surface area contributed by atoms with E-state index >= 15 is 0 Å². The molecule has 1 fully saturated rings. The topological polar surface area (TPSA) is 49.3 Å². The van der Waals surface area contributed by atoms with E-state index in [-0.39, 0.29) is 30.0 Å². The molecule has 0 aromatic heterocycles. The molecule has 2 N–H and O–H groups in total. The minimum absolute atomic E-state index is 0.0402. The van der Waals surface area contributed by atoms with Gasteiger partial charge in [0.05, 0.1) is 12.0 Å². The molecule has 0 aliphatic heterocycles. The van der Waals surface area contributed by atoms with Crippen molar-refractivity contribution >= 4 is 5.91 Å². The second kappa shape index (κ2) is 6.19. The molecule has 2 atom stereocenters. The number of carbonyl (C=O) groups excluding carboxylic acids is 1. The Labute approximate surface area is 137 Å². The van der Waals surface area contributed by atoms with Crippen LogP contribution in [-0.4, -0.2) is 17.1 Å². The van der Waals surface area contributed by atoms with Gasteiger partial charge in [0.2, 0.25) is 5.91 Å². The largest absolute Gasteiger partial charge is 0.508 e. The molecular formula is C18H16F3NO2. The maximum atomic E-state index is 12.7. The first-order valence-electron chi connectivity index (χ1n) is 7.58. The standard InChI is InChI=1S/C18H16F3NO2/c19-18(20,21)13-6-3-5-11(8-13)14-10-15(14)22-17(24)9-12-4-1-2-7-16(12)23/h1-8,14-15,23H,9-10H2,(H,22,24)/t14-,15-/m0/s1. The van der Waals surface area contributed by atoms with Crippen molar-refractivity contribution in [2.45, 2.75) is 31.0 Å². The minimum atomic E-state index is -4.37. The first-order chi connectivity index (χ1) is 11.3. The van der Waals surface area contributed by atoms with Crippen molar-refractivity contribution in [2.75, 3.05) is 0 Å². The summed E-state index contributed by atoms with van der Waals surface area (Å²) < 4.78 is 38.2. The molecule has 0 heterocycles. The number of carbonyl (C=O) groups is 1. The van der Waals surface area contributed by atoms with E-state index < -0.39 is 11.7 Å². The quantitative estimate of drug-likeness (QED) is 0.896. The predicted octanol–water partition coefficient (Wildman–Crippen LogP) is 3.63. The van der Waals surface area contributed by atoms with Crippen LogP contribution in [0.3, 0.4) is 0 Å². The molecule has 0 saturated heterocycles. The number of hydrogen-bond donors (Lipinski definition) is 2. The van der Waals surface area contributed by atoms with E-state index in [0.717, 1.165) is 12.1 Å². The van der Waals surface area contributed by atoms with Gasteiger partial charge < -0.3 is 10.4 Å². The number of aromatic hydroxyl groups is 1. The van der Waals surface area contributed by atoms with Crippen LogP contribution >= 0.6 is 0 Å². The van der Waals surface area contributed by atoms with Crippen LogP contribution in [0.1, 0.15) is 29.0 Å². The van der Waals surface area contributed by atoms with E-state index in [1.54, 1.807) is 24.3 Å². The third kappa shape index (κ3) is 3.69. The average Bonchev–Trinajstić information content (AvgIpc) is 3.28. The van der Waals surface area contributed by atoms with Gasteiger partial charge in [0.1, 0.15) is 5.75 Å². The number of rotatable bonds is 4. The fourth-order valence-electron chi connectivity index (χ4n) is 2.76. The molecule has 6 heteroatoms. The number of para-hydroxylation sites is 1. The lowest BCUT2D eigenvalue weighted by Crippen LogP contribution is -2.28. The second-order valence-corrected chi connectivity index (χ2v) is 5.94. The van der Waals surface area contributed by atoms with Gasteiger partial charge >= 0.3 is 6.18 Å². The molecule has 1 saturated carbocycles. The van der Waals surface area contributed by atoms with Crippen molar-refractivity contribution in [2.24, 2.45) is 0 Å². The summed E-state index contributed by atoms with van der Waals surface area (Å²) >= 11 is 0. The van der Waals surface area contributed by atoms with Gasteiger partial charge in [0.15, 0.2) is 0 Å². The third-order valence-corrected chi connectivity index (χ3v) is 4.12. The summed E-state index contributed by atoms with van der Waals surface area (Å²) in [4.78, 5) is 12.0. The van der Waals surface area contributed by atoms with Crippen LogP contribution < -0.4 is 5.32 Å². The Hall–Kier alpha value is -2.50. The number of hydrogen-bond acceptors (Lipinski definition) is 2. The fraction of sp³-hybridized carbons (Fsp3) is 0.278. The number of phenolic OH excluding ortho intramolecular Hbond substituents is 1. The highest BCUT2D eigenvalue weighted by atomic mass is 19.4. The Kier molecular flexibility index (Phi) is 4.22. The number of phenols is 1. The highest BCUT2D eigenvalue weighted by Crippen LogP contribution is 2.42. The van der Waals surface area contributed by atoms with Gasteiger partial charge in [-0.3, -0.25) is 4.79 Å². The van der Waals surface area contributed by atoms with E-state index in [9.17, 15) is 23.1 Å². The SMILES string of the molecule is O=C(Cc1ccccc1O)N[C@H]1C[C@H]1c1cccc(C(F)(F)F)c1. The Morgan fingerprint density at radius 3 is 2.62 bits per heavy atom. The number of nitrogens with one attached hydrogen (secondary N) is 1. The van der Waals surface area contributed by atoms with Gasteiger partial charge in [-0.05, 0) is 24.1 Å². The maximum absolute atomic E-state index is 12.7. The first-order valence-corrected chi connectivity index (χ1v) is 7.58. The van der Waals surface area contributed by atoms with Crippen LogP contribution in [0.4, 0.5) is 13.2 Å². The van der Waals surface area contributed by atoms with Crippen LogP contribution in [0.5, 0.6) is 5.75 Å². The maximum Gasteiger partial charge on any atom is 0.416 e. The minimum Gasteiger partial charge on any atom is -0.508 e. The molecule has 2 aromatic carbocycles. The average molecular weight is 335 g/mol. The lowest BCUT2D eigenvalue weighted by Gasteiger charge is -2.09. The molecule has 24 heavy (non-hydrogen) atoms. The van der Waals surface area contributed by atoms with E-state index in [0.29, 0.717) is 17.5 Å². The van der Waals surface area contributed by atoms with Crippen molar-refractivity contribution < 1.29 is 23.1 Å². The molecule has 0 radical (unpaired) electrons. The lowest BCUT2D eigenvalue weighted by atomic mass is 10.1. The number of benzene rings is 2. The summed E-state index contributed by atoms with van der Waals surface area (Å²) in [6.07, 6.45) is -3.71. The zero-order valence-electron chi connectivity index (χ0n) is 12.7. The van der Waals surface area contributed by atoms with Crippen LogP contribution in [-0.2, 0) is 17.4 Å². The van der Waals surface area contributed by atoms with Crippen molar-refractivity contribution in [3.63, 3.8) is 0 Å². The van der Waals surface area contributed by atoms with Crippen LogP contribution in [0.15, 0.2) is 48.5 Å². The van der Waals surface area contributed by atoms with Gasteiger partial charge in [-0.25, -0.2) is 0 Å². The van der Waals surface area contributed by atoms with Gasteiger partial charge in [-0.2, -0.15) is 13.2 Å². The van der Waals surface area contributed by atoms with Crippen molar-refractivity contribution in [1.29, 1.82) is 0 Å². The van der Waals surface area contributed by atoms with Crippen LogP contribution in [0, 0.1) is 0 Å². The van der Waals surface area contributed by atoms with E-state index in [4.69, 9.17) is 0 Å². The Balaban J connectivity index is 1.60. The Bertz CT molecular complexity index is 758. The predicted molar refractivity (Wildman–Crippen MR) is 82.5 cm³/mol. The number of alkyl halides is 3. The van der Waals surface area contributed by atoms with Crippen molar-refractivity contribution in [3.8, 4) is 5.75 Å². The van der Waals surface area contributed by atoms with Crippen molar-refractivity contribution in [3.05, 3.63) is 65.2 Å². The highest BCUT2D eigenvalue weighted by Gasteiger charge is 2.40. The Morgan fingerprint density at radius 2 is 1.92 bits per heavy atom. The van der Waals surface area contributed by atoms with E-state index in [1.807, 2.05) is 0 Å². The van der Waals surface area contributed by atoms with Crippen LogP contribution in [0.25, 0.3) is 0 Å². The van der Waals surface area contributed by atoms with E-state index in [1.165, 1.54) is 12.1 Å². The fourth-order valence-corrected chi connectivity index (χ4v) is 2.76. The zero-order chi connectivity index (χ0) is 17.3. The van der Waals surface area contributed by atoms with Crippen molar-refractivity contribution in [1.82, 2.24) is 5.32 Å². The highest BCUT2D eigenvalue weighted by molar-refractivity contribution is 5.80. The first kappa shape index (κ1) is 16.4. The normalized spacial score (nSPS) is 19.8. The molecule has 1 amide bonds. The zero-order valence-corrected chi connectivity index (χ0v) is 12.7. The molecule has 0 spiro atoms. The van der Waals surface area contributed by atoms with E-state index in [2.05, 4.69) is 5.32 Å². The summed E-state index contributed by atoms with van der Waals surface area (Å²) in [5.74, 6) is -0.297. The van der Waals surface area contributed by atoms with Gasteiger partial charge in [0.25, 0.3) is 0 Å². The lowest BCUT2D eigenvalue weighted by molar-refractivity contribution is -0.137. The molecule has 126 valence electrons. The van der Waals surface area contributed by atoms with Gasteiger partial charge in [0, 0.05) is 17.5 Å². The molecule has 2 aromatic rings.